The van der Waals surface area contributed by atoms with Crippen molar-refractivity contribution in [3.05, 3.63) is 90.4 Å². The van der Waals surface area contributed by atoms with Gasteiger partial charge >= 0.3 is 0 Å². The van der Waals surface area contributed by atoms with Crippen LogP contribution in [0.4, 0.5) is 11.4 Å². The lowest BCUT2D eigenvalue weighted by molar-refractivity contribution is 0.225. The number of aliphatic hydroxyl groups excluding tert-OH is 1. The highest BCUT2D eigenvalue weighted by atomic mass is 16.3. The number of nitrogens with one attached hydrogen (secondary N) is 2. The molecule has 4 rings (SSSR count). The predicted octanol–water partition coefficient (Wildman–Crippen LogP) is 4.70. The van der Waals surface area contributed by atoms with Gasteiger partial charge < -0.3 is 15.4 Å². The molecule has 27 heavy (non-hydrogen) atoms. The zero-order valence-corrected chi connectivity index (χ0v) is 15.1. The normalized spacial score (nSPS) is 12.2. The van der Waals surface area contributed by atoms with E-state index in [2.05, 4.69) is 63.9 Å². The van der Waals surface area contributed by atoms with E-state index in [4.69, 9.17) is 0 Å². The number of aromatic amines is 1. The molecular weight excluding hydrogens is 334 g/mol. The van der Waals surface area contributed by atoms with Gasteiger partial charge in [-0.25, -0.2) is 0 Å². The Hall–Kier alpha value is -3.11. The Balaban J connectivity index is 1.42. The van der Waals surface area contributed by atoms with Crippen LogP contribution in [0, 0.1) is 5.92 Å². The Kier molecular flexibility index (Phi) is 5.17. The fraction of sp³-hybridized carbons (Fsp3) is 0.174. The fourth-order valence-electron chi connectivity index (χ4n) is 3.47. The Bertz CT molecular complexity index is 993. The first-order valence-corrected chi connectivity index (χ1v) is 9.23. The summed E-state index contributed by atoms with van der Waals surface area (Å²) in [5.74, 6) is 0.197. The summed E-state index contributed by atoms with van der Waals surface area (Å²) in [6.07, 6.45) is 7.32. The standard InChI is InChI=1S/C23H23N3O/c27-16-18(14-19-15-25-23-4-2-1-3-22(19)23)13-17-5-7-20(8-6-17)26-21-9-11-24-12-10-21/h1-12,15,18,25,27H,13-14,16H2,(H,24,26). The van der Waals surface area contributed by atoms with Crippen molar-refractivity contribution in [1.29, 1.82) is 0 Å². The minimum Gasteiger partial charge on any atom is -0.396 e. The van der Waals surface area contributed by atoms with Crippen LogP contribution in [0.5, 0.6) is 0 Å². The SMILES string of the molecule is OCC(Cc1ccc(Nc2ccncc2)cc1)Cc1c[nH]c2ccccc12. The van der Waals surface area contributed by atoms with Crippen molar-refractivity contribution in [2.75, 3.05) is 11.9 Å². The van der Waals surface area contributed by atoms with E-state index < -0.39 is 0 Å². The molecule has 2 aromatic carbocycles. The average Bonchev–Trinajstić information content (AvgIpc) is 3.13. The Morgan fingerprint density at radius 1 is 0.889 bits per heavy atom. The zero-order valence-electron chi connectivity index (χ0n) is 15.1. The van der Waals surface area contributed by atoms with Crippen molar-refractivity contribution in [2.45, 2.75) is 12.8 Å². The number of pyridine rings is 1. The molecule has 4 nitrogen and oxygen atoms in total. The van der Waals surface area contributed by atoms with Gasteiger partial charge in [-0.1, -0.05) is 30.3 Å². The second-order valence-corrected chi connectivity index (χ2v) is 6.87. The highest BCUT2D eigenvalue weighted by Crippen LogP contribution is 2.23. The molecule has 2 aromatic heterocycles. The molecule has 136 valence electrons. The van der Waals surface area contributed by atoms with Crippen LogP contribution in [0.1, 0.15) is 11.1 Å². The number of aromatic nitrogens is 2. The quantitative estimate of drug-likeness (QED) is 0.449. The molecular formula is C23H23N3O. The number of fused-ring (bicyclic) bond motifs is 1. The average molecular weight is 357 g/mol. The highest BCUT2D eigenvalue weighted by molar-refractivity contribution is 5.83. The second-order valence-electron chi connectivity index (χ2n) is 6.87. The third kappa shape index (κ3) is 4.18. The van der Waals surface area contributed by atoms with Gasteiger partial charge in [-0.3, -0.25) is 4.98 Å². The number of aliphatic hydroxyl groups is 1. The third-order valence-corrected chi connectivity index (χ3v) is 4.89. The van der Waals surface area contributed by atoms with E-state index in [0.717, 1.165) is 29.7 Å². The summed E-state index contributed by atoms with van der Waals surface area (Å²) >= 11 is 0. The van der Waals surface area contributed by atoms with E-state index in [-0.39, 0.29) is 12.5 Å². The molecule has 0 saturated carbocycles. The summed E-state index contributed by atoms with van der Waals surface area (Å²) < 4.78 is 0. The van der Waals surface area contributed by atoms with Crippen LogP contribution < -0.4 is 5.32 Å². The van der Waals surface area contributed by atoms with Gasteiger partial charge in [0.1, 0.15) is 0 Å². The van der Waals surface area contributed by atoms with Crippen molar-refractivity contribution in [3.63, 3.8) is 0 Å². The largest absolute Gasteiger partial charge is 0.396 e. The number of hydrogen-bond acceptors (Lipinski definition) is 3. The number of hydrogen-bond donors (Lipinski definition) is 3. The summed E-state index contributed by atoms with van der Waals surface area (Å²) in [5, 5.41) is 14.5. The Morgan fingerprint density at radius 3 is 2.41 bits per heavy atom. The molecule has 4 heteroatoms. The Labute approximate surface area is 158 Å². The van der Waals surface area contributed by atoms with Gasteiger partial charge in [-0.05, 0) is 60.2 Å². The molecule has 1 atom stereocenters. The zero-order chi connectivity index (χ0) is 18.5. The molecule has 0 aliphatic heterocycles. The van der Waals surface area contributed by atoms with Gasteiger partial charge in [0.25, 0.3) is 0 Å². The van der Waals surface area contributed by atoms with E-state index in [9.17, 15) is 5.11 Å². The lowest BCUT2D eigenvalue weighted by Crippen LogP contribution is -2.12. The first-order valence-electron chi connectivity index (χ1n) is 9.23. The van der Waals surface area contributed by atoms with Crippen LogP contribution in [-0.2, 0) is 12.8 Å². The first kappa shape index (κ1) is 17.3. The van der Waals surface area contributed by atoms with Crippen molar-refractivity contribution >= 4 is 22.3 Å². The van der Waals surface area contributed by atoms with Gasteiger partial charge in [-0.2, -0.15) is 0 Å². The Morgan fingerprint density at radius 2 is 1.63 bits per heavy atom. The molecule has 0 bridgehead atoms. The van der Waals surface area contributed by atoms with Crippen LogP contribution in [-0.4, -0.2) is 21.7 Å². The molecule has 0 radical (unpaired) electrons. The van der Waals surface area contributed by atoms with Gasteiger partial charge in [0.05, 0.1) is 0 Å². The lowest BCUT2D eigenvalue weighted by Gasteiger charge is -2.14. The minimum atomic E-state index is 0.177. The van der Waals surface area contributed by atoms with Gasteiger partial charge in [0.15, 0.2) is 0 Å². The monoisotopic (exact) mass is 357 g/mol. The van der Waals surface area contributed by atoms with Crippen molar-refractivity contribution in [1.82, 2.24) is 9.97 Å². The van der Waals surface area contributed by atoms with Crippen LogP contribution in [0.3, 0.4) is 0 Å². The number of nitrogens with zero attached hydrogens (tertiary/aromatic N) is 1. The van der Waals surface area contributed by atoms with E-state index in [1.54, 1.807) is 12.4 Å². The van der Waals surface area contributed by atoms with E-state index in [1.165, 1.54) is 16.5 Å². The van der Waals surface area contributed by atoms with E-state index in [0.29, 0.717) is 0 Å². The number of H-pyrrole nitrogens is 1. The van der Waals surface area contributed by atoms with E-state index >= 15 is 0 Å². The summed E-state index contributed by atoms with van der Waals surface area (Å²) in [5.41, 5.74) is 5.71. The third-order valence-electron chi connectivity index (χ3n) is 4.89. The van der Waals surface area contributed by atoms with Crippen LogP contribution >= 0.6 is 0 Å². The maximum atomic E-state index is 9.88. The van der Waals surface area contributed by atoms with Gasteiger partial charge in [0, 0.05) is 47.5 Å². The maximum absolute atomic E-state index is 9.88. The van der Waals surface area contributed by atoms with Gasteiger partial charge in [-0.15, -0.1) is 0 Å². The molecule has 2 heterocycles. The minimum absolute atomic E-state index is 0.177. The van der Waals surface area contributed by atoms with Crippen molar-refractivity contribution in [3.8, 4) is 0 Å². The maximum Gasteiger partial charge on any atom is 0.0465 e. The number of anilines is 2. The van der Waals surface area contributed by atoms with E-state index in [1.807, 2.05) is 18.2 Å². The van der Waals surface area contributed by atoms with Crippen molar-refractivity contribution < 1.29 is 5.11 Å². The lowest BCUT2D eigenvalue weighted by atomic mass is 9.93. The fourth-order valence-corrected chi connectivity index (χ4v) is 3.47. The molecule has 4 aromatic rings. The summed E-state index contributed by atoms with van der Waals surface area (Å²) in [7, 11) is 0. The predicted molar refractivity (Wildman–Crippen MR) is 110 cm³/mol. The van der Waals surface area contributed by atoms with Crippen LogP contribution in [0.2, 0.25) is 0 Å². The molecule has 1 unspecified atom stereocenters. The summed E-state index contributed by atoms with van der Waals surface area (Å²) in [6, 6.07) is 20.6. The molecule has 3 N–H and O–H groups in total. The molecule has 0 aliphatic rings. The molecule has 0 amide bonds. The number of para-hydroxylation sites is 1. The smallest absolute Gasteiger partial charge is 0.0465 e. The van der Waals surface area contributed by atoms with Crippen LogP contribution in [0.25, 0.3) is 10.9 Å². The van der Waals surface area contributed by atoms with Crippen LogP contribution in [0.15, 0.2) is 79.3 Å². The first-order chi connectivity index (χ1) is 13.3. The second kappa shape index (κ2) is 8.06. The number of rotatable bonds is 7. The molecule has 0 fully saturated rings. The number of benzene rings is 2. The topological polar surface area (TPSA) is 60.9 Å². The molecule has 0 aliphatic carbocycles. The molecule has 0 spiro atoms. The van der Waals surface area contributed by atoms with Gasteiger partial charge in [0.2, 0.25) is 0 Å². The van der Waals surface area contributed by atoms with Crippen molar-refractivity contribution in [2.24, 2.45) is 5.92 Å². The summed E-state index contributed by atoms with van der Waals surface area (Å²) in [6.45, 7) is 0.177. The summed E-state index contributed by atoms with van der Waals surface area (Å²) in [4.78, 5) is 7.34. The molecule has 0 saturated heterocycles. The highest BCUT2D eigenvalue weighted by Gasteiger charge is 2.13.